The number of allylic oxidation sites excluding steroid dienone is 1. The van der Waals surface area contributed by atoms with Crippen LogP contribution in [0.4, 0.5) is 0 Å². The monoisotopic (exact) mass is 220 g/mol. The molecule has 0 N–H and O–H groups in total. The zero-order valence-electron chi connectivity index (χ0n) is 7.06. The van der Waals surface area contributed by atoms with Gasteiger partial charge in [-0.1, -0.05) is 22.0 Å². The number of carbonyl (C=O) groups is 1. The number of hydrogen-bond donors (Lipinski definition) is 0. The molecule has 0 aromatic carbocycles. The molecule has 1 unspecified atom stereocenters. The molecule has 0 rings (SSSR count). The number of halogens is 1. The van der Waals surface area contributed by atoms with Crippen LogP contribution < -0.4 is 0 Å². The van der Waals surface area contributed by atoms with E-state index in [0.29, 0.717) is 6.61 Å². The summed E-state index contributed by atoms with van der Waals surface area (Å²) in [5.74, 6) is -0.363. The zero-order chi connectivity index (χ0) is 8.85. The lowest BCUT2D eigenvalue weighted by Crippen LogP contribution is -2.14. The molecular formula is C8H13BrO2. The number of rotatable bonds is 3. The van der Waals surface area contributed by atoms with Crippen LogP contribution in [-0.4, -0.2) is 12.6 Å². The third-order valence-electron chi connectivity index (χ3n) is 1.33. The first-order chi connectivity index (χ1) is 5.13. The fraction of sp³-hybridized carbons (Fsp3) is 0.625. The molecule has 0 spiro atoms. The van der Waals surface area contributed by atoms with Gasteiger partial charge in [0.05, 0.1) is 12.5 Å². The summed E-state index contributed by atoms with van der Waals surface area (Å²) in [5, 5.41) is 0. The first-order valence-corrected chi connectivity index (χ1v) is 4.41. The van der Waals surface area contributed by atoms with Crippen LogP contribution >= 0.6 is 15.9 Å². The number of esters is 1. The molecule has 1 atom stereocenters. The van der Waals surface area contributed by atoms with Gasteiger partial charge in [-0.2, -0.15) is 0 Å². The second-order valence-corrected chi connectivity index (χ2v) is 3.06. The largest absolute Gasteiger partial charge is 0.466 e. The van der Waals surface area contributed by atoms with Crippen LogP contribution in [0.1, 0.15) is 20.8 Å². The molecule has 0 aromatic rings. The molecule has 11 heavy (non-hydrogen) atoms. The average molecular weight is 221 g/mol. The van der Waals surface area contributed by atoms with E-state index in [1.165, 1.54) is 0 Å². The Bertz CT molecular complexity index is 163. The van der Waals surface area contributed by atoms with Gasteiger partial charge in [0, 0.05) is 4.48 Å². The van der Waals surface area contributed by atoms with Crippen LogP contribution in [0.5, 0.6) is 0 Å². The Morgan fingerprint density at radius 1 is 1.73 bits per heavy atom. The molecule has 0 aromatic heterocycles. The minimum Gasteiger partial charge on any atom is -0.466 e. The normalized spacial score (nSPS) is 14.4. The van der Waals surface area contributed by atoms with Crippen molar-refractivity contribution in [2.24, 2.45) is 5.92 Å². The van der Waals surface area contributed by atoms with Gasteiger partial charge >= 0.3 is 5.97 Å². The highest BCUT2D eigenvalue weighted by molar-refractivity contribution is 9.11. The zero-order valence-corrected chi connectivity index (χ0v) is 8.64. The van der Waals surface area contributed by atoms with Crippen LogP contribution in [0.2, 0.25) is 0 Å². The van der Waals surface area contributed by atoms with Crippen molar-refractivity contribution < 1.29 is 9.53 Å². The second-order valence-electron chi connectivity index (χ2n) is 2.15. The molecule has 0 aliphatic rings. The summed E-state index contributed by atoms with van der Waals surface area (Å²) >= 11 is 3.27. The van der Waals surface area contributed by atoms with Crippen molar-refractivity contribution in [1.29, 1.82) is 0 Å². The predicted octanol–water partition coefficient (Wildman–Crippen LogP) is 2.48. The van der Waals surface area contributed by atoms with E-state index in [4.69, 9.17) is 4.74 Å². The van der Waals surface area contributed by atoms with Gasteiger partial charge in [-0.05, 0) is 20.8 Å². The maximum Gasteiger partial charge on any atom is 0.313 e. The number of ether oxygens (including phenoxy) is 1. The van der Waals surface area contributed by atoms with Crippen LogP contribution in [-0.2, 0) is 9.53 Å². The maximum atomic E-state index is 11.1. The van der Waals surface area contributed by atoms with E-state index >= 15 is 0 Å². The van der Waals surface area contributed by atoms with Crippen molar-refractivity contribution in [3.63, 3.8) is 0 Å². The SMILES string of the molecule is C/C=C(\Br)C(C)C(=O)OCC. The Balaban J connectivity index is 4.02. The summed E-state index contributed by atoms with van der Waals surface area (Å²) in [4.78, 5) is 11.1. The fourth-order valence-electron chi connectivity index (χ4n) is 0.630. The summed E-state index contributed by atoms with van der Waals surface area (Å²) in [6, 6.07) is 0. The standard InChI is InChI=1S/C8H13BrO2/c1-4-7(9)6(3)8(10)11-5-2/h4,6H,5H2,1-3H3/b7-4-. The van der Waals surface area contributed by atoms with Gasteiger partial charge in [0.1, 0.15) is 0 Å². The van der Waals surface area contributed by atoms with Crippen molar-refractivity contribution in [3.05, 3.63) is 10.6 Å². The van der Waals surface area contributed by atoms with Crippen molar-refractivity contribution >= 4 is 21.9 Å². The van der Waals surface area contributed by atoms with Crippen molar-refractivity contribution in [3.8, 4) is 0 Å². The Kier molecular flexibility index (Phi) is 5.20. The van der Waals surface area contributed by atoms with Gasteiger partial charge in [0.2, 0.25) is 0 Å². The minimum absolute atomic E-state index is 0.181. The maximum absolute atomic E-state index is 11.1. The highest BCUT2D eigenvalue weighted by Crippen LogP contribution is 2.18. The van der Waals surface area contributed by atoms with E-state index in [1.54, 1.807) is 6.92 Å². The number of carbonyl (C=O) groups excluding carboxylic acids is 1. The molecule has 0 radical (unpaired) electrons. The Morgan fingerprint density at radius 3 is 2.64 bits per heavy atom. The average Bonchev–Trinajstić information content (AvgIpc) is 2.02. The van der Waals surface area contributed by atoms with Crippen LogP contribution in [0, 0.1) is 5.92 Å². The molecule has 0 saturated heterocycles. The van der Waals surface area contributed by atoms with Crippen molar-refractivity contribution in [2.45, 2.75) is 20.8 Å². The Labute approximate surface area is 75.7 Å². The van der Waals surface area contributed by atoms with Gasteiger partial charge in [-0.15, -0.1) is 0 Å². The highest BCUT2D eigenvalue weighted by atomic mass is 79.9. The predicted molar refractivity (Wildman–Crippen MR) is 48.5 cm³/mol. The molecule has 0 amide bonds. The van der Waals surface area contributed by atoms with E-state index in [-0.39, 0.29) is 11.9 Å². The van der Waals surface area contributed by atoms with E-state index < -0.39 is 0 Å². The summed E-state index contributed by atoms with van der Waals surface area (Å²) in [5.41, 5.74) is 0. The van der Waals surface area contributed by atoms with Crippen molar-refractivity contribution in [1.82, 2.24) is 0 Å². The molecule has 3 heteroatoms. The molecule has 2 nitrogen and oxygen atoms in total. The molecular weight excluding hydrogens is 208 g/mol. The van der Waals surface area contributed by atoms with Gasteiger partial charge < -0.3 is 4.74 Å². The molecule has 0 saturated carbocycles. The molecule has 64 valence electrons. The Morgan fingerprint density at radius 2 is 2.27 bits per heavy atom. The molecule has 0 fully saturated rings. The summed E-state index contributed by atoms with van der Waals surface area (Å²) < 4.78 is 5.69. The lowest BCUT2D eigenvalue weighted by Gasteiger charge is -2.08. The topological polar surface area (TPSA) is 26.3 Å². The first kappa shape index (κ1) is 10.7. The lowest BCUT2D eigenvalue weighted by atomic mass is 10.2. The highest BCUT2D eigenvalue weighted by Gasteiger charge is 2.15. The first-order valence-electron chi connectivity index (χ1n) is 3.61. The number of hydrogen-bond acceptors (Lipinski definition) is 2. The smallest absolute Gasteiger partial charge is 0.313 e. The van der Waals surface area contributed by atoms with Crippen LogP contribution in [0.15, 0.2) is 10.6 Å². The van der Waals surface area contributed by atoms with Gasteiger partial charge in [0.15, 0.2) is 0 Å². The van der Waals surface area contributed by atoms with Gasteiger partial charge in [-0.25, -0.2) is 0 Å². The lowest BCUT2D eigenvalue weighted by molar-refractivity contribution is -0.145. The van der Waals surface area contributed by atoms with Crippen molar-refractivity contribution in [2.75, 3.05) is 6.61 Å². The van der Waals surface area contributed by atoms with E-state index in [1.807, 2.05) is 19.9 Å². The minimum atomic E-state index is -0.183. The van der Waals surface area contributed by atoms with Gasteiger partial charge in [-0.3, -0.25) is 4.79 Å². The van der Waals surface area contributed by atoms with E-state index in [2.05, 4.69) is 15.9 Å². The van der Waals surface area contributed by atoms with Gasteiger partial charge in [0.25, 0.3) is 0 Å². The van der Waals surface area contributed by atoms with Crippen LogP contribution in [0.25, 0.3) is 0 Å². The third kappa shape index (κ3) is 3.56. The molecule has 0 aliphatic heterocycles. The van der Waals surface area contributed by atoms with E-state index in [9.17, 15) is 4.79 Å². The Hall–Kier alpha value is -0.310. The van der Waals surface area contributed by atoms with E-state index in [0.717, 1.165) is 4.48 Å². The molecule has 0 heterocycles. The molecule has 0 aliphatic carbocycles. The summed E-state index contributed by atoms with van der Waals surface area (Å²) in [7, 11) is 0. The molecule has 0 bridgehead atoms. The summed E-state index contributed by atoms with van der Waals surface area (Å²) in [6.07, 6.45) is 1.85. The third-order valence-corrected chi connectivity index (χ3v) is 2.47. The summed E-state index contributed by atoms with van der Waals surface area (Å²) in [6.45, 7) is 5.92. The fourth-order valence-corrected chi connectivity index (χ4v) is 0.817. The van der Waals surface area contributed by atoms with Crippen LogP contribution in [0.3, 0.4) is 0 Å². The second kappa shape index (κ2) is 5.35. The quantitative estimate of drug-likeness (QED) is 0.684.